The first-order chi connectivity index (χ1) is 10.5. The normalized spacial score (nSPS) is 10.6. The molecule has 22 heavy (non-hydrogen) atoms. The Labute approximate surface area is 134 Å². The molecule has 0 spiro atoms. The van der Waals surface area contributed by atoms with Crippen molar-refractivity contribution >= 4 is 27.5 Å². The summed E-state index contributed by atoms with van der Waals surface area (Å²) < 4.78 is 4.08. The number of hydrogen-bond acceptors (Lipinski definition) is 5. The molecule has 1 N–H and O–H groups in total. The Bertz CT molecular complexity index is 680. The minimum Gasteiger partial charge on any atom is -0.354 e. The lowest BCUT2D eigenvalue weighted by molar-refractivity contribution is -0.385. The van der Waals surface area contributed by atoms with E-state index in [1.165, 1.54) is 17.1 Å². The fraction of sp³-hybridized carbons (Fsp3) is 0.417. The van der Waals surface area contributed by atoms with E-state index in [1.807, 2.05) is 6.92 Å². The quantitative estimate of drug-likeness (QED) is 0.582. The third-order valence-corrected chi connectivity index (χ3v) is 3.87. The van der Waals surface area contributed by atoms with E-state index in [1.54, 1.807) is 10.9 Å². The van der Waals surface area contributed by atoms with Crippen molar-refractivity contribution in [1.82, 2.24) is 24.9 Å². The monoisotopic (exact) mass is 370 g/mol. The fourth-order valence-electron chi connectivity index (χ4n) is 1.82. The van der Waals surface area contributed by atoms with Gasteiger partial charge < -0.3 is 5.32 Å². The second-order valence-corrected chi connectivity index (χ2v) is 5.47. The van der Waals surface area contributed by atoms with E-state index in [0.29, 0.717) is 26.1 Å². The van der Waals surface area contributed by atoms with Crippen molar-refractivity contribution in [3.8, 4) is 0 Å². The van der Waals surface area contributed by atoms with Gasteiger partial charge in [-0.3, -0.25) is 24.3 Å². The van der Waals surface area contributed by atoms with Gasteiger partial charge in [0, 0.05) is 25.2 Å². The van der Waals surface area contributed by atoms with Crippen LogP contribution in [-0.4, -0.2) is 36.9 Å². The minimum atomic E-state index is -0.507. The molecule has 0 aliphatic carbocycles. The molecule has 0 radical (unpaired) electrons. The van der Waals surface area contributed by atoms with Gasteiger partial charge in [-0.15, -0.1) is 0 Å². The van der Waals surface area contributed by atoms with Crippen LogP contribution in [0.15, 0.2) is 23.1 Å². The second-order valence-electron chi connectivity index (χ2n) is 4.62. The van der Waals surface area contributed by atoms with Crippen molar-refractivity contribution in [3.63, 3.8) is 0 Å². The van der Waals surface area contributed by atoms with Crippen LogP contribution in [-0.2, 0) is 17.9 Å². The summed E-state index contributed by atoms with van der Waals surface area (Å²) in [5.74, 6) is -0.104. The average molecular weight is 371 g/mol. The van der Waals surface area contributed by atoms with Crippen LogP contribution in [0.5, 0.6) is 0 Å². The highest BCUT2D eigenvalue weighted by atomic mass is 79.9. The molecular formula is C12H15BrN6O3. The lowest BCUT2D eigenvalue weighted by atomic mass is 10.4. The number of amides is 1. The molecule has 1 amide bonds. The third-order valence-electron chi connectivity index (χ3n) is 3.09. The molecule has 118 valence electrons. The zero-order valence-corrected chi connectivity index (χ0v) is 13.5. The SMILES string of the molecule is Cc1c(Br)cnn1CCC(=O)NCCn1cc([N+](=O)[O-])cn1. The van der Waals surface area contributed by atoms with Gasteiger partial charge in [0.15, 0.2) is 0 Å². The highest BCUT2D eigenvalue weighted by Crippen LogP contribution is 2.14. The van der Waals surface area contributed by atoms with Crippen LogP contribution in [0.2, 0.25) is 0 Å². The van der Waals surface area contributed by atoms with E-state index in [0.717, 1.165) is 10.2 Å². The van der Waals surface area contributed by atoms with Crippen LogP contribution >= 0.6 is 15.9 Å². The number of carbonyl (C=O) groups is 1. The molecule has 0 saturated carbocycles. The van der Waals surface area contributed by atoms with Crippen molar-refractivity contribution < 1.29 is 9.72 Å². The number of nitrogens with zero attached hydrogens (tertiary/aromatic N) is 5. The van der Waals surface area contributed by atoms with Crippen LogP contribution in [0.3, 0.4) is 0 Å². The largest absolute Gasteiger partial charge is 0.354 e. The molecule has 0 bridgehead atoms. The average Bonchev–Trinajstić information content (AvgIpc) is 3.06. The summed E-state index contributed by atoms with van der Waals surface area (Å²) in [5, 5.41) is 21.3. The second kappa shape index (κ2) is 7.16. The Morgan fingerprint density at radius 1 is 1.41 bits per heavy atom. The first-order valence-electron chi connectivity index (χ1n) is 6.59. The maximum absolute atomic E-state index is 11.7. The lowest BCUT2D eigenvalue weighted by Gasteiger charge is -2.06. The highest BCUT2D eigenvalue weighted by molar-refractivity contribution is 9.10. The van der Waals surface area contributed by atoms with Crippen LogP contribution in [0, 0.1) is 17.0 Å². The van der Waals surface area contributed by atoms with Gasteiger partial charge in [0.2, 0.25) is 5.91 Å². The Balaban J connectivity index is 1.71. The van der Waals surface area contributed by atoms with Gasteiger partial charge in [0.05, 0.1) is 22.1 Å². The number of halogens is 1. The van der Waals surface area contributed by atoms with Crippen LogP contribution < -0.4 is 5.32 Å². The molecule has 0 saturated heterocycles. The standard InChI is InChI=1S/C12H15BrN6O3/c1-9-11(13)7-16-18(9)4-2-12(20)14-3-5-17-8-10(6-15-17)19(21)22/h6-8H,2-5H2,1H3,(H,14,20). The summed E-state index contributed by atoms with van der Waals surface area (Å²) >= 11 is 3.36. The highest BCUT2D eigenvalue weighted by Gasteiger charge is 2.09. The van der Waals surface area contributed by atoms with E-state index in [-0.39, 0.29) is 11.6 Å². The van der Waals surface area contributed by atoms with Crippen molar-refractivity contribution in [2.75, 3.05) is 6.54 Å². The molecule has 0 aromatic carbocycles. The van der Waals surface area contributed by atoms with E-state index in [2.05, 4.69) is 31.4 Å². The summed E-state index contributed by atoms with van der Waals surface area (Å²) in [5.41, 5.74) is 0.905. The molecule has 9 nitrogen and oxygen atoms in total. The number of hydrogen-bond donors (Lipinski definition) is 1. The molecule has 0 aliphatic rings. The zero-order chi connectivity index (χ0) is 16.1. The Hall–Kier alpha value is -2.23. The van der Waals surface area contributed by atoms with Gasteiger partial charge >= 0.3 is 5.69 Å². The summed E-state index contributed by atoms with van der Waals surface area (Å²) in [6.45, 7) is 3.15. The van der Waals surface area contributed by atoms with Gasteiger partial charge in [-0.25, -0.2) is 0 Å². The lowest BCUT2D eigenvalue weighted by Crippen LogP contribution is -2.28. The topological polar surface area (TPSA) is 108 Å². The molecule has 0 unspecified atom stereocenters. The predicted molar refractivity (Wildman–Crippen MR) is 81.2 cm³/mol. The molecule has 0 aliphatic heterocycles. The fourth-order valence-corrected chi connectivity index (χ4v) is 2.12. The first-order valence-corrected chi connectivity index (χ1v) is 7.38. The number of rotatable bonds is 7. The van der Waals surface area contributed by atoms with Gasteiger partial charge in [-0.2, -0.15) is 10.2 Å². The first kappa shape index (κ1) is 16.1. The smallest absolute Gasteiger partial charge is 0.306 e. The van der Waals surface area contributed by atoms with Gasteiger partial charge in [-0.1, -0.05) is 0 Å². The van der Waals surface area contributed by atoms with Crippen molar-refractivity contribution in [2.45, 2.75) is 26.4 Å². The third kappa shape index (κ3) is 4.13. The zero-order valence-electron chi connectivity index (χ0n) is 11.9. The van der Waals surface area contributed by atoms with Crippen molar-refractivity contribution in [3.05, 3.63) is 38.9 Å². The molecule has 2 rings (SSSR count). The van der Waals surface area contributed by atoms with Gasteiger partial charge in [0.1, 0.15) is 12.4 Å². The van der Waals surface area contributed by atoms with Gasteiger partial charge in [0.25, 0.3) is 0 Å². The maximum Gasteiger partial charge on any atom is 0.306 e. The molecule has 0 atom stereocenters. The molecule has 2 heterocycles. The van der Waals surface area contributed by atoms with Crippen molar-refractivity contribution in [1.29, 1.82) is 0 Å². The van der Waals surface area contributed by atoms with Crippen LogP contribution in [0.1, 0.15) is 12.1 Å². The summed E-state index contributed by atoms with van der Waals surface area (Å²) in [4.78, 5) is 21.7. The molecule has 2 aromatic heterocycles. The molecule has 2 aromatic rings. The van der Waals surface area contributed by atoms with Gasteiger partial charge in [-0.05, 0) is 22.9 Å². The maximum atomic E-state index is 11.7. The Morgan fingerprint density at radius 3 is 2.77 bits per heavy atom. The number of carbonyl (C=O) groups excluding carboxylic acids is 1. The number of aryl methyl sites for hydroxylation is 1. The predicted octanol–water partition coefficient (Wildman–Crippen LogP) is 1.27. The molecular weight excluding hydrogens is 356 g/mol. The van der Waals surface area contributed by atoms with E-state index in [9.17, 15) is 14.9 Å². The number of nitro groups is 1. The van der Waals surface area contributed by atoms with E-state index < -0.39 is 4.92 Å². The number of aromatic nitrogens is 4. The van der Waals surface area contributed by atoms with Crippen LogP contribution in [0.25, 0.3) is 0 Å². The van der Waals surface area contributed by atoms with Crippen LogP contribution in [0.4, 0.5) is 5.69 Å². The molecule has 0 fully saturated rings. The summed E-state index contributed by atoms with van der Waals surface area (Å²) in [7, 11) is 0. The summed E-state index contributed by atoms with van der Waals surface area (Å²) in [6.07, 6.45) is 4.52. The minimum absolute atomic E-state index is 0.0638. The van der Waals surface area contributed by atoms with Crippen molar-refractivity contribution in [2.24, 2.45) is 0 Å². The Morgan fingerprint density at radius 2 is 2.18 bits per heavy atom. The summed E-state index contributed by atoms with van der Waals surface area (Å²) in [6, 6.07) is 0. The Kier molecular flexibility index (Phi) is 5.26. The van der Waals surface area contributed by atoms with E-state index in [4.69, 9.17) is 0 Å². The number of nitrogens with one attached hydrogen (secondary N) is 1. The molecule has 10 heteroatoms. The van der Waals surface area contributed by atoms with E-state index >= 15 is 0 Å².